The molecule has 0 radical (unpaired) electrons. The van der Waals surface area contributed by atoms with Gasteiger partial charge in [-0.25, -0.2) is 23.2 Å². The molecule has 12 heteroatoms. The first-order valence-electron chi connectivity index (χ1n) is 9.80. The molecule has 5 rings (SSSR count). The third-order valence-electron chi connectivity index (χ3n) is 5.73. The van der Waals surface area contributed by atoms with Gasteiger partial charge in [0.2, 0.25) is 10.0 Å². The zero-order valence-electron chi connectivity index (χ0n) is 17.1. The van der Waals surface area contributed by atoms with Gasteiger partial charge in [0.15, 0.2) is 5.69 Å². The summed E-state index contributed by atoms with van der Waals surface area (Å²) in [4.78, 5) is 17.5. The highest BCUT2D eigenvalue weighted by molar-refractivity contribution is 7.93. The summed E-state index contributed by atoms with van der Waals surface area (Å²) in [6.45, 7) is 0. The number of hydrogen-bond donors (Lipinski definition) is 4. The number of nitrogens with zero attached hydrogens (tertiary/aromatic N) is 4. The maximum Gasteiger partial charge on any atom is 0.277 e. The molecule has 0 saturated heterocycles. The summed E-state index contributed by atoms with van der Waals surface area (Å²) in [5.41, 5.74) is 7.08. The van der Waals surface area contributed by atoms with E-state index in [0.29, 0.717) is 23.2 Å². The molecule has 2 heterocycles. The molecule has 2 aliphatic carbocycles. The van der Waals surface area contributed by atoms with E-state index in [-0.39, 0.29) is 22.3 Å². The van der Waals surface area contributed by atoms with Crippen LogP contribution in [0.3, 0.4) is 0 Å². The van der Waals surface area contributed by atoms with Crippen molar-refractivity contribution in [2.75, 3.05) is 5.32 Å². The first-order chi connectivity index (χ1) is 15.7. The fourth-order valence-electron chi connectivity index (χ4n) is 4.25. The van der Waals surface area contributed by atoms with E-state index in [0.717, 1.165) is 5.56 Å². The Hall–Kier alpha value is -4.16. The maximum atomic E-state index is 13.1. The van der Waals surface area contributed by atoms with E-state index in [2.05, 4.69) is 20.6 Å². The number of anilines is 1. The van der Waals surface area contributed by atoms with Crippen LogP contribution in [0, 0.1) is 5.41 Å². The zero-order chi connectivity index (χ0) is 23.4. The Bertz CT molecular complexity index is 1510. The number of rotatable bonds is 5. The van der Waals surface area contributed by atoms with Gasteiger partial charge in [-0.1, -0.05) is 29.5 Å². The molecule has 2 aliphatic rings. The quantitative estimate of drug-likeness (QED) is 0.321. The molecular weight excluding hydrogens is 444 g/mol. The van der Waals surface area contributed by atoms with Crippen LogP contribution < -0.4 is 16.2 Å². The maximum absolute atomic E-state index is 13.1. The number of allylic oxidation sites excluding steroid dienone is 4. The largest absolute Gasteiger partial charge is 0.384 e. The van der Waals surface area contributed by atoms with Gasteiger partial charge < -0.3 is 11.1 Å². The number of benzene rings is 1. The Morgan fingerprint density at radius 2 is 2.09 bits per heavy atom. The number of amides is 1. The number of fused-ring (bicyclic) bond motifs is 3. The van der Waals surface area contributed by atoms with Crippen LogP contribution in [0.5, 0.6) is 0 Å². The van der Waals surface area contributed by atoms with Gasteiger partial charge in [0.25, 0.3) is 5.91 Å². The minimum atomic E-state index is -3.96. The highest BCUT2D eigenvalue weighted by Gasteiger charge is 2.58. The summed E-state index contributed by atoms with van der Waals surface area (Å²) in [5, 5.41) is 23.6. The van der Waals surface area contributed by atoms with Crippen molar-refractivity contribution in [2.24, 2.45) is 10.9 Å². The number of nitrogens with two attached hydrogens (primary N) is 2. The monoisotopic (exact) mass is 462 g/mol. The summed E-state index contributed by atoms with van der Waals surface area (Å²) in [6.07, 6.45) is 8.18. The van der Waals surface area contributed by atoms with E-state index in [1.165, 1.54) is 23.2 Å². The number of nitrogens with one attached hydrogen (secondary N) is 2. The van der Waals surface area contributed by atoms with Crippen LogP contribution in [0.2, 0.25) is 0 Å². The lowest BCUT2D eigenvalue weighted by molar-refractivity contribution is 0.101. The average Bonchev–Trinajstić information content (AvgIpc) is 3.17. The van der Waals surface area contributed by atoms with Crippen molar-refractivity contribution in [3.63, 3.8) is 0 Å². The molecule has 0 bridgehead atoms. The minimum absolute atomic E-state index is 0.0729. The van der Waals surface area contributed by atoms with Crippen molar-refractivity contribution in [2.45, 2.75) is 11.8 Å². The third kappa shape index (κ3) is 3.23. The Labute approximate surface area is 188 Å². The lowest BCUT2D eigenvalue weighted by Crippen LogP contribution is -2.27. The molecule has 6 N–H and O–H groups in total. The number of amidine groups is 1. The highest BCUT2D eigenvalue weighted by Crippen LogP contribution is 2.61. The summed E-state index contributed by atoms with van der Waals surface area (Å²) >= 11 is 0. The number of sulfonamides is 1. The summed E-state index contributed by atoms with van der Waals surface area (Å²) in [7, 11) is -3.96. The van der Waals surface area contributed by atoms with Gasteiger partial charge in [-0.05, 0) is 36.3 Å². The molecular formula is C21H18N8O3S. The van der Waals surface area contributed by atoms with Gasteiger partial charge in [-0.15, -0.1) is 5.10 Å². The normalized spacial score (nSPS) is 18.5. The van der Waals surface area contributed by atoms with E-state index in [1.807, 2.05) is 6.08 Å². The van der Waals surface area contributed by atoms with Crippen LogP contribution in [0.4, 0.5) is 5.82 Å². The molecule has 0 saturated carbocycles. The molecule has 33 heavy (non-hydrogen) atoms. The fraction of sp³-hybridized carbons (Fsp3) is 0.0952. The molecule has 2 aromatic heterocycles. The molecule has 0 aliphatic heterocycles. The molecule has 11 nitrogen and oxygen atoms in total. The number of hydrogen-bond acceptors (Lipinski definition) is 7. The minimum Gasteiger partial charge on any atom is -0.384 e. The Morgan fingerprint density at radius 3 is 2.85 bits per heavy atom. The molecule has 3 aromatic rings. The molecule has 1 aromatic carbocycles. The van der Waals surface area contributed by atoms with Crippen molar-refractivity contribution in [1.82, 2.24) is 20.0 Å². The summed E-state index contributed by atoms with van der Waals surface area (Å²) in [6, 6.07) is 8.40. The van der Waals surface area contributed by atoms with Crippen molar-refractivity contribution in [3.8, 4) is 5.69 Å². The predicted octanol–water partition coefficient (Wildman–Crippen LogP) is 0.930. The Morgan fingerprint density at radius 1 is 1.27 bits per heavy atom. The number of aromatic nitrogens is 4. The van der Waals surface area contributed by atoms with Crippen molar-refractivity contribution < 1.29 is 13.2 Å². The Balaban J connectivity index is 1.48. The van der Waals surface area contributed by atoms with Gasteiger partial charge in [0.05, 0.1) is 22.2 Å². The van der Waals surface area contributed by atoms with Crippen molar-refractivity contribution >= 4 is 27.6 Å². The fourth-order valence-corrected chi connectivity index (χ4v) is 5.30. The van der Waals surface area contributed by atoms with E-state index >= 15 is 0 Å². The predicted molar refractivity (Wildman–Crippen MR) is 120 cm³/mol. The first kappa shape index (κ1) is 20.7. The molecule has 1 amide bonds. The van der Waals surface area contributed by atoms with E-state index in [1.54, 1.807) is 36.4 Å². The second-order valence-corrected chi connectivity index (χ2v) is 9.17. The highest BCUT2D eigenvalue weighted by atomic mass is 32.2. The molecule has 1 spiro atoms. The van der Waals surface area contributed by atoms with Crippen LogP contribution >= 0.6 is 0 Å². The molecule has 0 fully saturated rings. The summed E-state index contributed by atoms with van der Waals surface area (Å²) in [5.74, 6) is -0.415. The van der Waals surface area contributed by atoms with Crippen LogP contribution in [0.25, 0.3) is 5.69 Å². The Kier molecular flexibility index (Phi) is 4.51. The SMILES string of the molecule is N=C(N)c1cccc(-n2nncc2C(=O)Nc2nccc3c2C32CC=CC=C2S(N)(=O)=O)c1. The van der Waals surface area contributed by atoms with Gasteiger partial charge >= 0.3 is 0 Å². The van der Waals surface area contributed by atoms with Crippen LogP contribution in [-0.2, 0) is 15.4 Å². The standard InChI is InChI=1S/C21H18N8O3S/c22-18(23)12-4-3-5-13(10-12)29-15(11-26-28-29)20(30)27-19-17-14(7-9-25-19)21(17)8-2-1-6-16(21)33(24,31)32/h1-7,9-11H,8H2,(H3,22,23)(H2,24,31,32)(H,25,27,30). The van der Waals surface area contributed by atoms with Crippen LogP contribution in [0.15, 0.2) is 65.9 Å². The second-order valence-electron chi connectivity index (χ2n) is 7.64. The van der Waals surface area contributed by atoms with Crippen LogP contribution in [0.1, 0.15) is 33.6 Å². The zero-order valence-corrected chi connectivity index (χ0v) is 17.9. The molecule has 166 valence electrons. The smallest absolute Gasteiger partial charge is 0.277 e. The first-order valence-corrected chi connectivity index (χ1v) is 11.3. The number of pyridine rings is 1. The lowest BCUT2D eigenvalue weighted by atomic mass is 9.92. The number of carbonyl (C=O) groups is 1. The third-order valence-corrected chi connectivity index (χ3v) is 6.82. The summed E-state index contributed by atoms with van der Waals surface area (Å²) < 4.78 is 25.8. The van der Waals surface area contributed by atoms with Gasteiger partial charge in [0, 0.05) is 17.3 Å². The molecule has 1 atom stereocenters. The van der Waals surface area contributed by atoms with Gasteiger partial charge in [-0.2, -0.15) is 0 Å². The topological polar surface area (TPSA) is 183 Å². The van der Waals surface area contributed by atoms with Crippen molar-refractivity contribution in [1.29, 1.82) is 5.41 Å². The number of nitrogen functional groups attached to an aromatic ring is 1. The average molecular weight is 462 g/mol. The molecule has 1 unspecified atom stereocenters. The van der Waals surface area contributed by atoms with Gasteiger partial charge in [0.1, 0.15) is 11.7 Å². The second kappa shape index (κ2) is 7.18. The van der Waals surface area contributed by atoms with E-state index in [4.69, 9.17) is 16.3 Å². The van der Waals surface area contributed by atoms with Crippen LogP contribution in [-0.4, -0.2) is 40.1 Å². The van der Waals surface area contributed by atoms with E-state index < -0.39 is 21.3 Å². The number of primary sulfonamides is 1. The van der Waals surface area contributed by atoms with Crippen molar-refractivity contribution in [3.05, 3.63) is 88.2 Å². The number of carbonyl (C=O) groups excluding carboxylic acids is 1. The van der Waals surface area contributed by atoms with E-state index in [9.17, 15) is 13.2 Å². The van der Waals surface area contributed by atoms with Gasteiger partial charge in [-0.3, -0.25) is 10.2 Å². The lowest BCUT2D eigenvalue weighted by Gasteiger charge is -2.20.